The van der Waals surface area contributed by atoms with Crippen molar-refractivity contribution in [1.29, 1.82) is 0 Å². The Balaban J connectivity index is 1.10. The van der Waals surface area contributed by atoms with Gasteiger partial charge in [-0.2, -0.15) is 18.3 Å². The van der Waals surface area contributed by atoms with Gasteiger partial charge in [0, 0.05) is 41.3 Å². The van der Waals surface area contributed by atoms with Gasteiger partial charge < -0.3 is 14.4 Å². The van der Waals surface area contributed by atoms with E-state index in [9.17, 15) is 18.3 Å². The summed E-state index contributed by atoms with van der Waals surface area (Å²) in [5.74, 6) is 2.00. The van der Waals surface area contributed by atoms with Crippen LogP contribution in [0.3, 0.4) is 0 Å². The van der Waals surface area contributed by atoms with E-state index >= 15 is 0 Å². The van der Waals surface area contributed by atoms with Crippen LogP contribution in [-0.2, 0) is 25.7 Å². The largest absolute Gasteiger partial charge is 0.480 e. The first-order valence-electron chi connectivity index (χ1n) is 19.1. The van der Waals surface area contributed by atoms with Crippen molar-refractivity contribution in [1.82, 2.24) is 34.9 Å². The van der Waals surface area contributed by atoms with Crippen LogP contribution in [0.2, 0.25) is 0 Å². The highest BCUT2D eigenvalue weighted by Gasteiger charge is 2.36. The lowest BCUT2D eigenvalue weighted by atomic mass is 9.94. The highest BCUT2D eigenvalue weighted by Crippen LogP contribution is 2.45. The summed E-state index contributed by atoms with van der Waals surface area (Å²) in [6, 6.07) is 21.3. The van der Waals surface area contributed by atoms with Gasteiger partial charge in [-0.15, -0.1) is 4.98 Å². The molecule has 1 aliphatic carbocycles. The number of aliphatic hydroxyl groups excluding tert-OH is 1. The minimum absolute atomic E-state index is 0.225. The van der Waals surface area contributed by atoms with Crippen LogP contribution in [0.1, 0.15) is 89.6 Å². The maximum absolute atomic E-state index is 13.7. The van der Waals surface area contributed by atoms with Crippen molar-refractivity contribution in [3.05, 3.63) is 130 Å². The quantitative estimate of drug-likeness (QED) is 0.146. The Labute approximate surface area is 332 Å². The van der Waals surface area contributed by atoms with Gasteiger partial charge in [0.25, 0.3) is 5.82 Å². The van der Waals surface area contributed by atoms with Crippen molar-refractivity contribution in [2.75, 3.05) is 12.0 Å². The highest BCUT2D eigenvalue weighted by atomic mass is 19.4. The van der Waals surface area contributed by atoms with E-state index in [4.69, 9.17) is 14.7 Å². The van der Waals surface area contributed by atoms with Gasteiger partial charge in [-0.05, 0) is 55.0 Å². The zero-order valence-electron chi connectivity index (χ0n) is 32.0. The van der Waals surface area contributed by atoms with Gasteiger partial charge >= 0.3 is 12.1 Å². The fourth-order valence-electron chi connectivity index (χ4n) is 7.57. The number of aromatic nitrogens is 7. The van der Waals surface area contributed by atoms with Crippen LogP contribution in [0.4, 0.5) is 19.1 Å². The average Bonchev–Trinajstić information content (AvgIpc) is 3.96. The molecule has 58 heavy (non-hydrogen) atoms. The number of fused-ring (bicyclic) bond motifs is 3. The molecule has 1 atom stereocenters. The summed E-state index contributed by atoms with van der Waals surface area (Å²) in [5.41, 5.74) is 10.5. The molecule has 2 aliphatic heterocycles. The van der Waals surface area contributed by atoms with E-state index in [0.29, 0.717) is 48.3 Å². The third-order valence-corrected chi connectivity index (χ3v) is 10.7. The standard InChI is InChI=1S/C43H40F3N10O2/c1-25(2)56-22-35(43(44,45)46)50-39(56)30-12-8-26(9-13-30)20-55-21-31-18-27(19-34-32-6-4-5-7-33(32)40(57)53-52-34)10-11-28(31)16-17-54-24-49-38(51-42(54)55)36-37(29-14-15-29)47-23-48-41(36)58-3/h4-13,16-18,22-25,29,40,53,57H,14-15,19-21H2,1-3H3/q+1/b17-16+. The fraction of sp³-hybridized carbons (Fsp3) is 0.279. The average molecular weight is 786 g/mol. The minimum atomic E-state index is -4.56. The number of halogens is 3. The number of rotatable bonds is 9. The third kappa shape index (κ3) is 7.17. The summed E-state index contributed by atoms with van der Waals surface area (Å²) < 4.78 is 50.2. The second-order valence-electron chi connectivity index (χ2n) is 15.0. The van der Waals surface area contributed by atoms with Gasteiger partial charge in [-0.1, -0.05) is 71.7 Å². The molecule has 15 heteroatoms. The van der Waals surface area contributed by atoms with E-state index in [0.717, 1.165) is 63.8 Å². The summed E-state index contributed by atoms with van der Waals surface area (Å²) in [6.45, 7) is 4.52. The lowest BCUT2D eigenvalue weighted by molar-refractivity contribution is -0.561. The van der Waals surface area contributed by atoms with E-state index in [2.05, 4.69) is 48.6 Å². The Hall–Kier alpha value is -6.48. The van der Waals surface area contributed by atoms with E-state index in [-0.39, 0.29) is 17.8 Å². The molecule has 12 nitrogen and oxygen atoms in total. The van der Waals surface area contributed by atoms with Crippen molar-refractivity contribution in [2.24, 2.45) is 5.10 Å². The summed E-state index contributed by atoms with van der Waals surface area (Å²) in [4.78, 5) is 25.1. The number of hydrogen-bond acceptors (Lipinski definition) is 10. The molecule has 9 rings (SSSR count). The first-order valence-corrected chi connectivity index (χ1v) is 19.1. The molecule has 1 saturated carbocycles. The third-order valence-electron chi connectivity index (χ3n) is 10.7. The maximum atomic E-state index is 13.7. The molecular formula is C43H40F3N10O2+. The van der Waals surface area contributed by atoms with Gasteiger partial charge in [0.1, 0.15) is 17.7 Å². The number of nitrogens with zero attached hydrogens (tertiary/aromatic N) is 9. The normalized spacial score (nSPS) is 16.7. The first-order chi connectivity index (χ1) is 28.0. The molecule has 3 aliphatic rings. The molecule has 6 aromatic rings. The molecule has 5 heterocycles. The van der Waals surface area contributed by atoms with Gasteiger partial charge in [0.2, 0.25) is 12.2 Å². The molecule has 0 amide bonds. The molecule has 294 valence electrons. The van der Waals surface area contributed by atoms with E-state index in [1.54, 1.807) is 18.0 Å². The highest BCUT2D eigenvalue weighted by molar-refractivity contribution is 6.03. The van der Waals surface area contributed by atoms with Crippen molar-refractivity contribution < 1.29 is 27.6 Å². The van der Waals surface area contributed by atoms with Gasteiger partial charge in [0.15, 0.2) is 11.9 Å². The number of alkyl halides is 3. The number of hydrazone groups is 1. The Morgan fingerprint density at radius 2 is 1.78 bits per heavy atom. The summed E-state index contributed by atoms with van der Waals surface area (Å²) in [7, 11) is 1.57. The predicted molar refractivity (Wildman–Crippen MR) is 211 cm³/mol. The van der Waals surface area contributed by atoms with E-state index in [1.807, 2.05) is 79.2 Å². The van der Waals surface area contributed by atoms with Gasteiger partial charge in [-0.25, -0.2) is 19.5 Å². The SMILES string of the molecule is COc1ncnc(C2CC2)c1-c1nc[n+]2c(n1)N(Cc1ccc(-c3nc(C(F)(F)F)cn3C(C)C)cc1)Cc1cc(CC3=NNC(O)c4ccccc43)ccc1/C=C/2. The van der Waals surface area contributed by atoms with Crippen molar-refractivity contribution >= 4 is 23.9 Å². The zero-order valence-corrected chi connectivity index (χ0v) is 32.0. The molecule has 1 fully saturated rings. The lowest BCUT2D eigenvalue weighted by Crippen LogP contribution is -2.40. The predicted octanol–water partition coefficient (Wildman–Crippen LogP) is 7.26. The van der Waals surface area contributed by atoms with Crippen LogP contribution in [0, 0.1) is 0 Å². The van der Waals surface area contributed by atoms with Crippen molar-refractivity contribution in [3.8, 4) is 28.7 Å². The molecule has 3 aromatic carbocycles. The fourth-order valence-corrected chi connectivity index (χ4v) is 7.57. The molecule has 2 N–H and O–H groups in total. The molecule has 0 bridgehead atoms. The number of methoxy groups -OCH3 is 1. The number of imidazole rings is 1. The van der Waals surface area contributed by atoms with Crippen LogP contribution in [0.25, 0.3) is 35.1 Å². The number of ether oxygens (including phenoxy) is 1. The molecule has 0 radical (unpaired) electrons. The van der Waals surface area contributed by atoms with Gasteiger partial charge in [0.05, 0.1) is 37.8 Å². The second-order valence-corrected chi connectivity index (χ2v) is 15.0. The van der Waals surface area contributed by atoms with Crippen LogP contribution in [0.15, 0.2) is 90.7 Å². The topological polar surface area (TPSA) is 130 Å². The minimum Gasteiger partial charge on any atom is -0.480 e. The molecular weight excluding hydrogens is 746 g/mol. The molecule has 0 spiro atoms. The molecule has 1 unspecified atom stereocenters. The number of anilines is 1. The molecule has 3 aromatic heterocycles. The lowest BCUT2D eigenvalue weighted by Gasteiger charge is -2.24. The number of aliphatic hydroxyl groups is 1. The van der Waals surface area contributed by atoms with E-state index in [1.165, 1.54) is 6.33 Å². The summed E-state index contributed by atoms with van der Waals surface area (Å²) >= 11 is 0. The molecule has 0 saturated heterocycles. The second kappa shape index (κ2) is 14.8. The Morgan fingerprint density at radius 3 is 2.53 bits per heavy atom. The monoisotopic (exact) mass is 785 g/mol. The van der Waals surface area contributed by atoms with Crippen molar-refractivity contribution in [3.63, 3.8) is 0 Å². The smallest absolute Gasteiger partial charge is 0.434 e. The first kappa shape index (κ1) is 37.1. The Morgan fingerprint density at radius 1 is 0.983 bits per heavy atom. The van der Waals surface area contributed by atoms with Crippen LogP contribution >= 0.6 is 0 Å². The van der Waals surface area contributed by atoms with Gasteiger partial charge in [-0.3, -0.25) is 10.3 Å². The Kier molecular flexibility index (Phi) is 9.47. The van der Waals surface area contributed by atoms with Crippen LogP contribution in [0.5, 0.6) is 5.88 Å². The zero-order chi connectivity index (χ0) is 40.1. The number of hydrogen-bond donors (Lipinski definition) is 2. The van der Waals surface area contributed by atoms with Crippen molar-refractivity contribution in [2.45, 2.75) is 70.6 Å². The summed E-state index contributed by atoms with van der Waals surface area (Å²) in [6.07, 6.45) is 5.43. The summed E-state index contributed by atoms with van der Waals surface area (Å²) in [5, 5.41) is 15.0. The number of nitrogens with one attached hydrogen (secondary N) is 1. The van der Waals surface area contributed by atoms with E-state index < -0.39 is 18.1 Å². The Bertz CT molecular complexity index is 2580. The maximum Gasteiger partial charge on any atom is 0.434 e. The number of benzene rings is 3. The van der Waals surface area contributed by atoms with Crippen LogP contribution < -0.4 is 19.6 Å². The van der Waals surface area contributed by atoms with Crippen LogP contribution in [-0.4, -0.2) is 47.4 Å².